The lowest BCUT2D eigenvalue weighted by atomic mass is 9.91. The molecule has 2 unspecified atom stereocenters. The highest BCUT2D eigenvalue weighted by molar-refractivity contribution is 5.00. The van der Waals surface area contributed by atoms with E-state index < -0.39 is 11.8 Å². The smallest absolute Gasteiger partial charge is 0.264 e. The zero-order valence-corrected chi connectivity index (χ0v) is 7.19. The van der Waals surface area contributed by atoms with Crippen molar-refractivity contribution in [3.05, 3.63) is 0 Å². The van der Waals surface area contributed by atoms with Crippen molar-refractivity contribution in [2.75, 3.05) is 26.7 Å². The highest BCUT2D eigenvalue weighted by atomic mass is 19.3. The van der Waals surface area contributed by atoms with E-state index in [0.717, 1.165) is 13.1 Å². The minimum Gasteiger partial charge on any atom is -0.315 e. The minimum absolute atomic E-state index is 0.0498. The van der Waals surface area contributed by atoms with E-state index in [0.29, 0.717) is 6.42 Å². The van der Waals surface area contributed by atoms with E-state index in [1.54, 1.807) is 11.9 Å². The molecule has 2 aliphatic rings. The molecule has 0 aromatic heterocycles. The van der Waals surface area contributed by atoms with E-state index in [2.05, 4.69) is 5.32 Å². The van der Waals surface area contributed by atoms with Crippen LogP contribution in [0.5, 0.6) is 0 Å². The van der Waals surface area contributed by atoms with Gasteiger partial charge in [0.2, 0.25) is 0 Å². The number of hydrogen-bond acceptors (Lipinski definition) is 2. The van der Waals surface area contributed by atoms with Crippen LogP contribution >= 0.6 is 0 Å². The van der Waals surface area contributed by atoms with Gasteiger partial charge in [-0.2, -0.15) is 0 Å². The maximum absolute atomic E-state index is 13.3. The number of halogens is 2. The number of likely N-dealkylation sites (tertiary alicyclic amines) is 1. The van der Waals surface area contributed by atoms with Gasteiger partial charge in [0.15, 0.2) is 0 Å². The molecular weight excluding hydrogens is 162 g/mol. The number of piperidine rings is 1. The molecule has 0 aromatic rings. The molecule has 0 radical (unpaired) electrons. The van der Waals surface area contributed by atoms with E-state index in [9.17, 15) is 8.78 Å². The Kier molecular flexibility index (Phi) is 1.84. The molecule has 0 aliphatic carbocycles. The predicted octanol–water partition coefficient (Wildman–Crippen LogP) is 0.545. The van der Waals surface area contributed by atoms with Crippen molar-refractivity contribution in [1.29, 1.82) is 0 Å². The van der Waals surface area contributed by atoms with Crippen LogP contribution in [0.25, 0.3) is 0 Å². The molecule has 4 heteroatoms. The Hall–Kier alpha value is -0.220. The Morgan fingerprint density at radius 3 is 2.92 bits per heavy atom. The van der Waals surface area contributed by atoms with Crippen molar-refractivity contribution in [2.45, 2.75) is 18.4 Å². The van der Waals surface area contributed by atoms with Crippen LogP contribution in [0.1, 0.15) is 6.42 Å². The molecule has 0 amide bonds. The van der Waals surface area contributed by atoms with Gasteiger partial charge in [-0.1, -0.05) is 0 Å². The van der Waals surface area contributed by atoms with Crippen molar-refractivity contribution in [1.82, 2.24) is 10.2 Å². The molecule has 2 saturated heterocycles. The number of alkyl halides is 2. The fourth-order valence-corrected chi connectivity index (χ4v) is 2.36. The summed E-state index contributed by atoms with van der Waals surface area (Å²) in [7, 11) is 1.78. The van der Waals surface area contributed by atoms with E-state index in [1.807, 2.05) is 0 Å². The molecule has 0 aromatic carbocycles. The summed E-state index contributed by atoms with van der Waals surface area (Å²) in [5.74, 6) is -2.87. The summed E-state index contributed by atoms with van der Waals surface area (Å²) < 4.78 is 26.5. The number of nitrogens with zero attached hydrogens (tertiary/aromatic N) is 1. The van der Waals surface area contributed by atoms with Crippen molar-refractivity contribution in [3.8, 4) is 0 Å². The molecule has 2 nitrogen and oxygen atoms in total. The van der Waals surface area contributed by atoms with Gasteiger partial charge in [0.1, 0.15) is 0 Å². The van der Waals surface area contributed by atoms with Gasteiger partial charge in [0, 0.05) is 18.5 Å². The van der Waals surface area contributed by atoms with Crippen LogP contribution in [0.3, 0.4) is 0 Å². The first-order valence-corrected chi connectivity index (χ1v) is 4.40. The summed E-state index contributed by atoms with van der Waals surface area (Å²) >= 11 is 0. The van der Waals surface area contributed by atoms with Crippen molar-refractivity contribution < 1.29 is 8.78 Å². The van der Waals surface area contributed by atoms with Gasteiger partial charge in [0.05, 0.1) is 6.54 Å². The molecule has 2 aliphatic heterocycles. The van der Waals surface area contributed by atoms with E-state index in [-0.39, 0.29) is 12.6 Å². The van der Waals surface area contributed by atoms with Crippen LogP contribution in [0.15, 0.2) is 0 Å². The van der Waals surface area contributed by atoms with Crippen LogP contribution in [0.4, 0.5) is 8.78 Å². The first kappa shape index (κ1) is 8.38. The second kappa shape index (κ2) is 2.64. The summed E-state index contributed by atoms with van der Waals surface area (Å²) in [6, 6.07) is 0.0498. The molecule has 2 fully saturated rings. The fourth-order valence-electron chi connectivity index (χ4n) is 2.36. The van der Waals surface area contributed by atoms with Gasteiger partial charge in [-0.25, -0.2) is 8.78 Å². The lowest BCUT2D eigenvalue weighted by Crippen LogP contribution is -2.46. The Labute approximate surface area is 70.9 Å². The molecule has 70 valence electrons. The van der Waals surface area contributed by atoms with Crippen LogP contribution in [-0.4, -0.2) is 43.5 Å². The van der Waals surface area contributed by atoms with Crippen LogP contribution in [-0.2, 0) is 0 Å². The molecular formula is C8H14F2N2. The predicted molar refractivity (Wildman–Crippen MR) is 42.3 cm³/mol. The number of likely N-dealkylation sites (N-methyl/N-ethyl adjacent to an activating group) is 1. The quantitative estimate of drug-likeness (QED) is 0.579. The van der Waals surface area contributed by atoms with Gasteiger partial charge in [0.25, 0.3) is 5.92 Å². The minimum atomic E-state index is -2.46. The lowest BCUT2D eigenvalue weighted by Gasteiger charge is -2.30. The van der Waals surface area contributed by atoms with E-state index in [1.165, 1.54) is 0 Å². The number of nitrogens with one attached hydrogen (secondary N) is 1. The Morgan fingerprint density at radius 1 is 1.50 bits per heavy atom. The maximum Gasteiger partial charge on any atom is 0.264 e. The topological polar surface area (TPSA) is 15.3 Å². The van der Waals surface area contributed by atoms with Gasteiger partial charge >= 0.3 is 0 Å². The highest BCUT2D eigenvalue weighted by Crippen LogP contribution is 2.39. The molecule has 1 N–H and O–H groups in total. The molecule has 2 atom stereocenters. The van der Waals surface area contributed by atoms with Crippen LogP contribution in [0.2, 0.25) is 0 Å². The molecule has 2 heterocycles. The summed E-state index contributed by atoms with van der Waals surface area (Å²) in [6.45, 7) is 1.39. The number of fused-ring (bicyclic) bond motifs is 1. The SMILES string of the molecule is CN1CC(F)(F)C2CCNCC21. The molecule has 12 heavy (non-hydrogen) atoms. The summed E-state index contributed by atoms with van der Waals surface area (Å²) in [5, 5.41) is 3.15. The van der Waals surface area contributed by atoms with Crippen molar-refractivity contribution in [3.63, 3.8) is 0 Å². The first-order valence-electron chi connectivity index (χ1n) is 4.40. The average molecular weight is 176 g/mol. The van der Waals surface area contributed by atoms with Gasteiger partial charge in [-0.15, -0.1) is 0 Å². The van der Waals surface area contributed by atoms with Crippen molar-refractivity contribution >= 4 is 0 Å². The third-order valence-corrected chi connectivity index (χ3v) is 3.02. The third-order valence-electron chi connectivity index (χ3n) is 3.02. The Bertz CT molecular complexity index is 184. The number of hydrogen-bond donors (Lipinski definition) is 1. The second-order valence-electron chi connectivity index (χ2n) is 3.84. The maximum atomic E-state index is 13.3. The van der Waals surface area contributed by atoms with Gasteiger partial charge in [-0.05, 0) is 20.0 Å². The Morgan fingerprint density at radius 2 is 2.25 bits per heavy atom. The summed E-state index contributed by atoms with van der Waals surface area (Å²) in [6.07, 6.45) is 0.613. The molecule has 0 spiro atoms. The largest absolute Gasteiger partial charge is 0.315 e. The van der Waals surface area contributed by atoms with Gasteiger partial charge < -0.3 is 5.32 Å². The zero-order chi connectivity index (χ0) is 8.77. The van der Waals surface area contributed by atoms with Crippen molar-refractivity contribution in [2.24, 2.45) is 5.92 Å². The fraction of sp³-hybridized carbons (Fsp3) is 1.00. The van der Waals surface area contributed by atoms with Gasteiger partial charge in [-0.3, -0.25) is 4.90 Å². The monoisotopic (exact) mass is 176 g/mol. The number of rotatable bonds is 0. The second-order valence-corrected chi connectivity index (χ2v) is 3.84. The highest BCUT2D eigenvalue weighted by Gasteiger charge is 2.53. The standard InChI is InChI=1S/C8H14F2N2/c1-12-5-8(9,10)6-2-3-11-4-7(6)12/h6-7,11H,2-5H2,1H3. The molecule has 2 rings (SSSR count). The lowest BCUT2D eigenvalue weighted by molar-refractivity contribution is -0.0354. The van der Waals surface area contributed by atoms with Crippen LogP contribution in [0, 0.1) is 5.92 Å². The summed E-state index contributed by atoms with van der Waals surface area (Å²) in [4.78, 5) is 1.77. The average Bonchev–Trinajstić information content (AvgIpc) is 2.25. The summed E-state index contributed by atoms with van der Waals surface area (Å²) in [5.41, 5.74) is 0. The first-order chi connectivity index (χ1) is 5.61. The zero-order valence-electron chi connectivity index (χ0n) is 7.19. The Balaban J connectivity index is 2.16. The molecule has 0 bridgehead atoms. The normalized spacial score (nSPS) is 41.2. The van der Waals surface area contributed by atoms with E-state index >= 15 is 0 Å². The third kappa shape index (κ3) is 1.13. The van der Waals surface area contributed by atoms with E-state index in [4.69, 9.17) is 0 Å². The molecule has 0 saturated carbocycles. The van der Waals surface area contributed by atoms with Crippen LogP contribution < -0.4 is 5.32 Å².